The number of methoxy groups -OCH3 is 1. The van der Waals surface area contributed by atoms with Crippen molar-refractivity contribution in [1.82, 2.24) is 4.90 Å². The van der Waals surface area contributed by atoms with Gasteiger partial charge >= 0.3 is 11.9 Å². The summed E-state index contributed by atoms with van der Waals surface area (Å²) in [7, 11) is 1.64. The first kappa shape index (κ1) is 28.6. The first-order chi connectivity index (χ1) is 16.7. The summed E-state index contributed by atoms with van der Waals surface area (Å²) in [6.45, 7) is 7.49. The predicted molar refractivity (Wildman–Crippen MR) is 136 cm³/mol. The summed E-state index contributed by atoms with van der Waals surface area (Å²) in [5, 5.41) is 27.6. The lowest BCUT2D eigenvalue weighted by molar-refractivity contribution is -0.159. The van der Waals surface area contributed by atoms with Crippen molar-refractivity contribution in [2.24, 2.45) is 0 Å². The van der Waals surface area contributed by atoms with E-state index in [-0.39, 0.29) is 5.92 Å². The summed E-state index contributed by atoms with van der Waals surface area (Å²) in [5.74, 6) is -2.95. The fraction of sp³-hybridized carbons (Fsp3) is 0.481. The molecular formula is C27H36ClNO6. The predicted octanol–water partition coefficient (Wildman–Crippen LogP) is 4.93. The molecule has 1 aliphatic rings. The zero-order chi connectivity index (χ0) is 26.0. The Morgan fingerprint density at radius 3 is 2.37 bits per heavy atom. The van der Waals surface area contributed by atoms with E-state index in [0.717, 1.165) is 62.9 Å². The minimum atomic E-state index is -1.82. The van der Waals surface area contributed by atoms with E-state index < -0.39 is 17.5 Å². The molecule has 1 aliphatic carbocycles. The van der Waals surface area contributed by atoms with Crippen molar-refractivity contribution < 1.29 is 29.6 Å². The van der Waals surface area contributed by atoms with Crippen molar-refractivity contribution in [2.75, 3.05) is 26.7 Å². The second-order valence-electron chi connectivity index (χ2n) is 8.66. The zero-order valence-corrected chi connectivity index (χ0v) is 21.4. The number of carboxylic acid groups (broad SMARTS) is 2. The molecule has 0 heterocycles. The SMILES string of the molecule is CCN(CC)CCC[C@]1(O)c2ccccc2CCC[C@H]1c1ccc(Cl)c(OC)c1.O=C(O)C(=O)O. The van der Waals surface area contributed by atoms with Crippen LogP contribution >= 0.6 is 11.6 Å². The average Bonchev–Trinajstić information content (AvgIpc) is 2.99. The second kappa shape index (κ2) is 13.5. The van der Waals surface area contributed by atoms with Crippen molar-refractivity contribution in [3.63, 3.8) is 0 Å². The number of fused-ring (bicyclic) bond motifs is 1. The fourth-order valence-corrected chi connectivity index (χ4v) is 5.03. The number of carboxylic acids is 2. The molecule has 0 fully saturated rings. The van der Waals surface area contributed by atoms with Crippen molar-refractivity contribution in [3.05, 3.63) is 64.2 Å². The fourth-order valence-electron chi connectivity index (χ4n) is 4.84. The van der Waals surface area contributed by atoms with E-state index in [1.807, 2.05) is 12.1 Å². The van der Waals surface area contributed by atoms with Crippen LogP contribution in [0.5, 0.6) is 5.75 Å². The summed E-state index contributed by atoms with van der Waals surface area (Å²) in [4.78, 5) is 20.6. The molecule has 0 aliphatic heterocycles. The number of carbonyl (C=O) groups is 2. The highest BCUT2D eigenvalue weighted by molar-refractivity contribution is 6.32. The van der Waals surface area contributed by atoms with Gasteiger partial charge in [0.1, 0.15) is 5.75 Å². The second-order valence-corrected chi connectivity index (χ2v) is 9.07. The third-order valence-corrected chi connectivity index (χ3v) is 7.00. The Balaban J connectivity index is 0.000000641. The smallest absolute Gasteiger partial charge is 0.414 e. The maximum atomic E-state index is 12.2. The van der Waals surface area contributed by atoms with Gasteiger partial charge in [0.25, 0.3) is 0 Å². The van der Waals surface area contributed by atoms with E-state index in [2.05, 4.69) is 49.1 Å². The van der Waals surface area contributed by atoms with Gasteiger partial charge in [-0.1, -0.05) is 55.8 Å². The van der Waals surface area contributed by atoms with Crippen molar-refractivity contribution in [2.45, 2.75) is 57.5 Å². The first-order valence-electron chi connectivity index (χ1n) is 12.0. The van der Waals surface area contributed by atoms with Crippen LogP contribution in [0.2, 0.25) is 5.02 Å². The first-order valence-corrected chi connectivity index (χ1v) is 12.4. The molecule has 3 N–H and O–H groups in total. The Kier molecular flexibility index (Phi) is 11.0. The van der Waals surface area contributed by atoms with Gasteiger partial charge < -0.3 is 25.0 Å². The van der Waals surface area contributed by atoms with Crippen LogP contribution < -0.4 is 4.74 Å². The Morgan fingerprint density at radius 2 is 1.77 bits per heavy atom. The van der Waals surface area contributed by atoms with Crippen LogP contribution in [0.3, 0.4) is 0 Å². The monoisotopic (exact) mass is 505 g/mol. The van der Waals surface area contributed by atoms with Gasteiger partial charge in [0.2, 0.25) is 0 Å². The zero-order valence-electron chi connectivity index (χ0n) is 20.7. The molecule has 0 radical (unpaired) electrons. The summed E-state index contributed by atoms with van der Waals surface area (Å²) < 4.78 is 5.47. The molecular weight excluding hydrogens is 470 g/mol. The molecule has 0 saturated carbocycles. The molecule has 0 bridgehead atoms. The van der Waals surface area contributed by atoms with Crippen molar-refractivity contribution in [1.29, 1.82) is 0 Å². The average molecular weight is 506 g/mol. The minimum Gasteiger partial charge on any atom is -0.495 e. The molecule has 0 spiro atoms. The molecule has 8 heteroatoms. The van der Waals surface area contributed by atoms with Gasteiger partial charge in [-0.3, -0.25) is 0 Å². The van der Waals surface area contributed by atoms with Gasteiger partial charge in [0.05, 0.1) is 17.7 Å². The number of aliphatic carboxylic acids is 2. The van der Waals surface area contributed by atoms with Gasteiger partial charge in [-0.25, -0.2) is 9.59 Å². The third kappa shape index (κ3) is 7.43. The molecule has 192 valence electrons. The highest BCUT2D eigenvalue weighted by atomic mass is 35.5. The molecule has 3 rings (SSSR count). The summed E-state index contributed by atoms with van der Waals surface area (Å²) in [6.07, 6.45) is 4.73. The number of hydrogen-bond acceptors (Lipinski definition) is 5. The molecule has 0 aromatic heterocycles. The number of halogens is 1. The van der Waals surface area contributed by atoms with E-state index in [0.29, 0.717) is 10.8 Å². The molecule has 7 nitrogen and oxygen atoms in total. The molecule has 0 saturated heterocycles. The lowest BCUT2D eigenvalue weighted by atomic mass is 9.73. The summed E-state index contributed by atoms with van der Waals surface area (Å²) in [5.41, 5.74) is 2.59. The van der Waals surface area contributed by atoms with Gasteiger partial charge in [0.15, 0.2) is 0 Å². The Bertz CT molecular complexity index is 981. The Morgan fingerprint density at radius 1 is 1.11 bits per heavy atom. The maximum absolute atomic E-state index is 12.2. The van der Waals surface area contributed by atoms with Gasteiger partial charge in [0, 0.05) is 5.92 Å². The van der Waals surface area contributed by atoms with Crippen LogP contribution in [-0.2, 0) is 21.6 Å². The van der Waals surface area contributed by atoms with E-state index in [1.54, 1.807) is 7.11 Å². The molecule has 2 aromatic rings. The van der Waals surface area contributed by atoms with Crippen molar-refractivity contribution in [3.8, 4) is 5.75 Å². The molecule has 2 aromatic carbocycles. The van der Waals surface area contributed by atoms with Gasteiger partial charge in [-0.05, 0) is 80.6 Å². The lowest BCUT2D eigenvalue weighted by Gasteiger charge is -2.38. The number of hydrogen-bond donors (Lipinski definition) is 3. The number of aliphatic hydroxyl groups is 1. The molecule has 0 amide bonds. The largest absolute Gasteiger partial charge is 0.495 e. The quantitative estimate of drug-likeness (QED) is 0.344. The number of rotatable bonds is 8. The maximum Gasteiger partial charge on any atom is 0.414 e. The van der Waals surface area contributed by atoms with E-state index in [1.165, 1.54) is 5.56 Å². The van der Waals surface area contributed by atoms with Gasteiger partial charge in [-0.2, -0.15) is 0 Å². The van der Waals surface area contributed by atoms with Crippen LogP contribution in [0.4, 0.5) is 0 Å². The normalized spacial score (nSPS) is 19.2. The van der Waals surface area contributed by atoms with Crippen molar-refractivity contribution >= 4 is 23.5 Å². The van der Waals surface area contributed by atoms with E-state index in [4.69, 9.17) is 36.1 Å². The van der Waals surface area contributed by atoms with Crippen LogP contribution in [-0.4, -0.2) is 58.9 Å². The topological polar surface area (TPSA) is 107 Å². The van der Waals surface area contributed by atoms with Gasteiger partial charge in [-0.15, -0.1) is 0 Å². The number of ether oxygens (including phenoxy) is 1. The molecule has 2 atom stereocenters. The van der Waals surface area contributed by atoms with Crippen LogP contribution in [0.1, 0.15) is 62.1 Å². The number of aryl methyl sites for hydroxylation is 1. The Hall–Kier alpha value is -2.61. The Labute approximate surface area is 212 Å². The van der Waals surface area contributed by atoms with Crippen LogP contribution in [0, 0.1) is 0 Å². The summed E-state index contributed by atoms with van der Waals surface area (Å²) >= 11 is 6.28. The van der Waals surface area contributed by atoms with Crippen LogP contribution in [0.15, 0.2) is 42.5 Å². The van der Waals surface area contributed by atoms with Crippen LogP contribution in [0.25, 0.3) is 0 Å². The standard InChI is InChI=1S/C25H34ClNO2.C2H2O4/c1-4-27(5-2)17-9-16-25(28)21-12-7-6-10-19(21)11-8-13-22(25)20-14-15-23(26)24(18-20)29-3;3-1(4)2(5)6/h6-7,10,12,14-15,18,22,28H,4-5,8-9,11,13,16-17H2,1-3H3;(H,3,4)(H,5,6)/t22-,25-;/m0./s1. The number of nitrogens with zero attached hydrogens (tertiary/aromatic N) is 1. The molecule has 35 heavy (non-hydrogen) atoms. The summed E-state index contributed by atoms with van der Waals surface area (Å²) in [6, 6.07) is 14.4. The highest BCUT2D eigenvalue weighted by Crippen LogP contribution is 2.48. The van der Waals surface area contributed by atoms with E-state index >= 15 is 0 Å². The van der Waals surface area contributed by atoms with E-state index in [9.17, 15) is 5.11 Å². The minimum absolute atomic E-state index is 0.0222. The number of benzene rings is 2. The molecule has 0 unspecified atom stereocenters. The lowest BCUT2D eigenvalue weighted by Crippen LogP contribution is -2.35. The highest BCUT2D eigenvalue weighted by Gasteiger charge is 2.41. The third-order valence-electron chi connectivity index (χ3n) is 6.69.